The third kappa shape index (κ3) is 5.63. The molecule has 0 spiro atoms. The monoisotopic (exact) mass is 359 g/mol. The number of benzene rings is 1. The first-order chi connectivity index (χ1) is 11.7. The fourth-order valence-corrected chi connectivity index (χ4v) is 2.72. The van der Waals surface area contributed by atoms with Gasteiger partial charge in [0.1, 0.15) is 5.75 Å². The van der Waals surface area contributed by atoms with Crippen LogP contribution in [-0.4, -0.2) is 42.2 Å². The van der Waals surface area contributed by atoms with E-state index in [2.05, 4.69) is 10.1 Å². The summed E-state index contributed by atoms with van der Waals surface area (Å²) in [7, 11) is 0. The third-order valence-corrected chi connectivity index (χ3v) is 4.21. The molecule has 3 N–H and O–H groups in total. The number of amides is 2. The lowest BCUT2D eigenvalue weighted by molar-refractivity contribution is -0.274. The average molecular weight is 359 g/mol. The molecule has 1 atom stereocenters. The third-order valence-electron chi connectivity index (χ3n) is 4.21. The molecule has 6 nitrogen and oxygen atoms in total. The molecular weight excluding hydrogens is 339 g/mol. The Hall–Kier alpha value is -2.29. The number of carbonyl (C=O) groups excluding carboxylic acids is 2. The van der Waals surface area contributed by atoms with Gasteiger partial charge in [0.25, 0.3) is 0 Å². The molecule has 25 heavy (non-hydrogen) atoms. The lowest BCUT2D eigenvalue weighted by Crippen LogP contribution is -2.47. The Morgan fingerprint density at radius 2 is 1.80 bits per heavy atom. The van der Waals surface area contributed by atoms with Crippen LogP contribution in [0.5, 0.6) is 5.75 Å². The Morgan fingerprint density at radius 3 is 2.28 bits per heavy atom. The first kappa shape index (κ1) is 19.0. The molecule has 1 saturated heterocycles. The fourth-order valence-electron chi connectivity index (χ4n) is 2.72. The van der Waals surface area contributed by atoms with Gasteiger partial charge in [0.15, 0.2) is 0 Å². The van der Waals surface area contributed by atoms with Gasteiger partial charge in [0.05, 0.1) is 6.04 Å². The Balaban J connectivity index is 1.88. The smallest absolute Gasteiger partial charge is 0.406 e. The molecule has 0 unspecified atom stereocenters. The van der Waals surface area contributed by atoms with Crippen molar-refractivity contribution in [1.29, 1.82) is 0 Å². The van der Waals surface area contributed by atoms with E-state index < -0.39 is 12.4 Å². The van der Waals surface area contributed by atoms with Gasteiger partial charge in [0, 0.05) is 11.6 Å². The van der Waals surface area contributed by atoms with E-state index in [4.69, 9.17) is 5.73 Å². The summed E-state index contributed by atoms with van der Waals surface area (Å²) in [4.78, 5) is 25.4. The van der Waals surface area contributed by atoms with Gasteiger partial charge in [-0.1, -0.05) is 0 Å². The highest BCUT2D eigenvalue weighted by atomic mass is 19.4. The van der Waals surface area contributed by atoms with E-state index in [1.165, 1.54) is 12.1 Å². The maximum atomic E-state index is 12.3. The summed E-state index contributed by atoms with van der Waals surface area (Å²) in [6.45, 7) is 2.90. The van der Waals surface area contributed by atoms with Crippen molar-refractivity contribution in [1.82, 2.24) is 4.90 Å². The number of alkyl halides is 3. The summed E-state index contributed by atoms with van der Waals surface area (Å²) >= 11 is 0. The molecule has 1 heterocycles. The number of likely N-dealkylation sites (tertiary alicyclic amines) is 1. The summed E-state index contributed by atoms with van der Waals surface area (Å²) < 4.78 is 40.1. The lowest BCUT2D eigenvalue weighted by atomic mass is 9.95. The average Bonchev–Trinajstić information content (AvgIpc) is 2.54. The van der Waals surface area contributed by atoms with Crippen LogP contribution in [0, 0.1) is 5.92 Å². The Morgan fingerprint density at radius 1 is 1.24 bits per heavy atom. The SMILES string of the molecule is C[C@H](C(=O)Nc1ccc(OC(F)(F)F)cc1)N1CCC(C(N)=O)CC1. The zero-order chi connectivity index (χ0) is 18.6. The van der Waals surface area contributed by atoms with Crippen molar-refractivity contribution >= 4 is 17.5 Å². The van der Waals surface area contributed by atoms with Crippen molar-refractivity contribution in [3.8, 4) is 5.75 Å². The van der Waals surface area contributed by atoms with Gasteiger partial charge in [-0.15, -0.1) is 13.2 Å². The molecule has 1 aromatic carbocycles. The van der Waals surface area contributed by atoms with Gasteiger partial charge in [-0.05, 0) is 57.1 Å². The van der Waals surface area contributed by atoms with Crippen LogP contribution in [0.1, 0.15) is 19.8 Å². The maximum Gasteiger partial charge on any atom is 0.573 e. The number of carbonyl (C=O) groups is 2. The number of halogens is 3. The molecule has 138 valence electrons. The minimum Gasteiger partial charge on any atom is -0.406 e. The van der Waals surface area contributed by atoms with Gasteiger partial charge >= 0.3 is 6.36 Å². The first-order valence-electron chi connectivity index (χ1n) is 7.86. The van der Waals surface area contributed by atoms with E-state index in [-0.39, 0.29) is 23.5 Å². The maximum absolute atomic E-state index is 12.3. The summed E-state index contributed by atoms with van der Waals surface area (Å²) in [5.41, 5.74) is 5.66. The second-order valence-electron chi connectivity index (χ2n) is 5.95. The van der Waals surface area contributed by atoms with Crippen molar-refractivity contribution in [2.45, 2.75) is 32.2 Å². The number of primary amides is 1. The molecular formula is C16H20F3N3O3. The predicted octanol–water partition coefficient (Wildman–Crippen LogP) is 2.11. The number of nitrogens with two attached hydrogens (primary N) is 1. The van der Waals surface area contributed by atoms with Gasteiger partial charge in [-0.3, -0.25) is 14.5 Å². The Bertz CT molecular complexity index is 611. The van der Waals surface area contributed by atoms with Crippen LogP contribution in [0.2, 0.25) is 0 Å². The molecule has 0 aliphatic carbocycles. The van der Waals surface area contributed by atoms with Crippen LogP contribution in [-0.2, 0) is 9.59 Å². The summed E-state index contributed by atoms with van der Waals surface area (Å²) in [5.74, 6) is -1.11. The second-order valence-corrected chi connectivity index (χ2v) is 5.95. The van der Waals surface area contributed by atoms with Crippen LogP contribution >= 0.6 is 0 Å². The minimum atomic E-state index is -4.75. The van der Waals surface area contributed by atoms with Crippen LogP contribution in [0.25, 0.3) is 0 Å². The van der Waals surface area contributed by atoms with Crippen LogP contribution < -0.4 is 15.8 Å². The molecule has 0 bridgehead atoms. The van der Waals surface area contributed by atoms with E-state index in [0.29, 0.717) is 31.6 Å². The normalized spacial score (nSPS) is 17.8. The molecule has 1 fully saturated rings. The zero-order valence-corrected chi connectivity index (χ0v) is 13.7. The molecule has 2 amide bonds. The van der Waals surface area contributed by atoms with E-state index >= 15 is 0 Å². The van der Waals surface area contributed by atoms with Gasteiger partial charge in [-0.2, -0.15) is 0 Å². The number of rotatable bonds is 5. The van der Waals surface area contributed by atoms with Crippen LogP contribution in [0.15, 0.2) is 24.3 Å². The molecule has 1 aliphatic rings. The molecule has 0 aromatic heterocycles. The number of nitrogens with zero attached hydrogens (tertiary/aromatic N) is 1. The first-order valence-corrected chi connectivity index (χ1v) is 7.86. The quantitative estimate of drug-likeness (QED) is 0.843. The van der Waals surface area contributed by atoms with Crippen molar-refractivity contribution < 1.29 is 27.5 Å². The van der Waals surface area contributed by atoms with Crippen molar-refractivity contribution in [2.24, 2.45) is 11.7 Å². The molecule has 9 heteroatoms. The zero-order valence-electron chi connectivity index (χ0n) is 13.7. The fraction of sp³-hybridized carbons (Fsp3) is 0.500. The van der Waals surface area contributed by atoms with Gasteiger partial charge in [-0.25, -0.2) is 0 Å². The number of nitrogens with one attached hydrogen (secondary N) is 1. The highest BCUT2D eigenvalue weighted by Crippen LogP contribution is 2.24. The number of anilines is 1. The van der Waals surface area contributed by atoms with Crippen molar-refractivity contribution in [3.63, 3.8) is 0 Å². The molecule has 2 rings (SSSR count). The van der Waals surface area contributed by atoms with Crippen molar-refractivity contribution in [2.75, 3.05) is 18.4 Å². The number of hydrogen-bond acceptors (Lipinski definition) is 4. The van der Waals surface area contributed by atoms with E-state index in [9.17, 15) is 22.8 Å². The summed E-state index contributed by atoms with van der Waals surface area (Å²) in [6, 6.07) is 4.51. The topological polar surface area (TPSA) is 84.7 Å². The molecule has 1 aliphatic heterocycles. The molecule has 1 aromatic rings. The summed E-state index contributed by atoms with van der Waals surface area (Å²) in [5, 5.41) is 2.65. The highest BCUT2D eigenvalue weighted by molar-refractivity contribution is 5.94. The molecule has 0 radical (unpaired) electrons. The Labute approximate surface area is 143 Å². The van der Waals surface area contributed by atoms with Crippen molar-refractivity contribution in [3.05, 3.63) is 24.3 Å². The van der Waals surface area contributed by atoms with E-state index in [1.54, 1.807) is 6.92 Å². The van der Waals surface area contributed by atoms with E-state index in [1.807, 2.05) is 4.90 Å². The molecule has 0 saturated carbocycles. The van der Waals surface area contributed by atoms with Gasteiger partial charge in [0.2, 0.25) is 11.8 Å². The standard InChI is InChI=1S/C16H20F3N3O3/c1-10(22-8-6-11(7-9-22)14(20)23)15(24)21-12-2-4-13(5-3-12)25-16(17,18)19/h2-5,10-11H,6-9H2,1H3,(H2,20,23)(H,21,24)/t10-/m1/s1. The summed E-state index contributed by atoms with van der Waals surface area (Å²) in [6.07, 6.45) is -3.54. The Kier molecular flexibility index (Phi) is 5.89. The van der Waals surface area contributed by atoms with E-state index in [0.717, 1.165) is 12.1 Å². The van der Waals surface area contributed by atoms with Crippen LogP contribution in [0.4, 0.5) is 18.9 Å². The predicted molar refractivity (Wildman–Crippen MR) is 84.7 cm³/mol. The number of piperidine rings is 1. The van der Waals surface area contributed by atoms with Gasteiger partial charge < -0.3 is 15.8 Å². The van der Waals surface area contributed by atoms with Crippen LogP contribution in [0.3, 0.4) is 0 Å². The number of hydrogen-bond donors (Lipinski definition) is 2. The second kappa shape index (κ2) is 7.73. The number of ether oxygens (including phenoxy) is 1. The minimum absolute atomic E-state index is 0.160. The highest BCUT2D eigenvalue weighted by Gasteiger charge is 2.31. The lowest BCUT2D eigenvalue weighted by Gasteiger charge is -2.34. The largest absolute Gasteiger partial charge is 0.573 e.